The molecule has 0 aliphatic carbocycles. The Labute approximate surface area is 140 Å². The first kappa shape index (κ1) is 16.7. The largest absolute Gasteiger partial charge is 0.392 e. The third kappa shape index (κ3) is 3.82. The number of hydrogen-bond donors (Lipinski definition) is 3. The maximum Gasteiger partial charge on any atom is 0.273 e. The molecule has 0 bridgehead atoms. The number of likely N-dealkylation sites (tertiary alicyclic amines) is 1. The van der Waals surface area contributed by atoms with Crippen LogP contribution in [-0.4, -0.2) is 50.5 Å². The summed E-state index contributed by atoms with van der Waals surface area (Å²) in [6.07, 6.45) is 1.52. The third-order valence-electron chi connectivity index (χ3n) is 4.36. The molecule has 8 nitrogen and oxygen atoms in total. The molecule has 0 spiro atoms. The number of hydrogen-bond acceptors (Lipinski definition) is 6. The molecule has 3 N–H and O–H groups in total. The lowest BCUT2D eigenvalue weighted by molar-refractivity contribution is 0.0622. The van der Waals surface area contributed by atoms with Gasteiger partial charge in [0.15, 0.2) is 11.5 Å². The lowest BCUT2D eigenvalue weighted by Gasteiger charge is -2.28. The Bertz CT molecular complexity index is 689. The zero-order valence-electron chi connectivity index (χ0n) is 14.0. The van der Waals surface area contributed by atoms with Gasteiger partial charge in [-0.15, -0.1) is 0 Å². The van der Waals surface area contributed by atoms with Crippen LogP contribution in [0.3, 0.4) is 0 Å². The van der Waals surface area contributed by atoms with Crippen LogP contribution in [0, 0.1) is 13.8 Å². The number of aliphatic hydroxyl groups excluding tert-OH is 1. The van der Waals surface area contributed by atoms with Crippen LogP contribution in [0.4, 0.5) is 0 Å². The molecule has 1 fully saturated rings. The van der Waals surface area contributed by atoms with Crippen LogP contribution in [0.1, 0.15) is 46.0 Å². The van der Waals surface area contributed by atoms with Gasteiger partial charge < -0.3 is 14.9 Å². The van der Waals surface area contributed by atoms with Gasteiger partial charge >= 0.3 is 0 Å². The average molecular weight is 333 g/mol. The zero-order valence-corrected chi connectivity index (χ0v) is 14.0. The molecule has 8 heteroatoms. The Morgan fingerprint density at radius 2 is 2.38 bits per heavy atom. The lowest BCUT2D eigenvalue weighted by atomic mass is 10.1. The van der Waals surface area contributed by atoms with Crippen LogP contribution in [0.5, 0.6) is 0 Å². The number of H-pyrrole nitrogens is 1. The topological polar surface area (TPSA) is 107 Å². The summed E-state index contributed by atoms with van der Waals surface area (Å²) in [6.45, 7) is 6.30. The smallest absolute Gasteiger partial charge is 0.273 e. The fourth-order valence-corrected chi connectivity index (χ4v) is 2.98. The lowest BCUT2D eigenvalue weighted by Crippen LogP contribution is -2.37. The predicted octanol–water partition coefficient (Wildman–Crippen LogP) is 0.901. The summed E-state index contributed by atoms with van der Waals surface area (Å²) in [5.41, 5.74) is 3.06. The first-order chi connectivity index (χ1) is 11.5. The van der Waals surface area contributed by atoms with Crippen LogP contribution in [0.25, 0.3) is 0 Å². The average Bonchev–Trinajstić information content (AvgIpc) is 3.13. The van der Waals surface area contributed by atoms with Crippen molar-refractivity contribution in [2.75, 3.05) is 13.1 Å². The highest BCUT2D eigenvalue weighted by Gasteiger charge is 2.20. The molecule has 0 saturated carbocycles. The Balaban J connectivity index is 1.55. The van der Waals surface area contributed by atoms with Gasteiger partial charge in [-0.1, -0.05) is 5.16 Å². The number of rotatable bonds is 5. The number of piperidine rings is 1. The molecule has 3 rings (SSSR count). The molecule has 24 heavy (non-hydrogen) atoms. The molecule has 2 aromatic heterocycles. The summed E-state index contributed by atoms with van der Waals surface area (Å²) in [5, 5.41) is 23.4. The molecular weight excluding hydrogens is 310 g/mol. The molecular formula is C16H23N5O3. The summed E-state index contributed by atoms with van der Waals surface area (Å²) >= 11 is 0. The number of aryl methyl sites for hydroxylation is 2. The second-order valence-electron chi connectivity index (χ2n) is 6.30. The second kappa shape index (κ2) is 7.14. The van der Waals surface area contributed by atoms with Crippen LogP contribution < -0.4 is 5.32 Å². The van der Waals surface area contributed by atoms with Crippen molar-refractivity contribution in [3.8, 4) is 0 Å². The van der Waals surface area contributed by atoms with Crippen molar-refractivity contribution >= 4 is 5.91 Å². The second-order valence-corrected chi connectivity index (χ2v) is 6.30. The van der Waals surface area contributed by atoms with Crippen LogP contribution in [0.2, 0.25) is 0 Å². The zero-order chi connectivity index (χ0) is 17.1. The first-order valence-corrected chi connectivity index (χ1v) is 8.17. The molecule has 0 aromatic carbocycles. The Morgan fingerprint density at radius 3 is 3.08 bits per heavy atom. The van der Waals surface area contributed by atoms with E-state index >= 15 is 0 Å². The number of aromatic nitrogens is 3. The van der Waals surface area contributed by atoms with E-state index in [1.165, 1.54) is 0 Å². The van der Waals surface area contributed by atoms with Gasteiger partial charge in [0.05, 0.1) is 18.3 Å². The van der Waals surface area contributed by atoms with Crippen molar-refractivity contribution in [3.63, 3.8) is 0 Å². The van der Waals surface area contributed by atoms with Crippen molar-refractivity contribution in [2.45, 2.75) is 45.9 Å². The predicted molar refractivity (Wildman–Crippen MR) is 86.3 cm³/mol. The van der Waals surface area contributed by atoms with E-state index < -0.39 is 0 Å². The minimum absolute atomic E-state index is 0.265. The minimum Gasteiger partial charge on any atom is -0.392 e. The highest BCUT2D eigenvalue weighted by molar-refractivity contribution is 5.92. The molecule has 1 amide bonds. The summed E-state index contributed by atoms with van der Waals surface area (Å²) in [4.78, 5) is 14.3. The maximum absolute atomic E-state index is 12.2. The molecule has 1 saturated heterocycles. The molecule has 3 heterocycles. The summed E-state index contributed by atoms with van der Waals surface area (Å²) < 4.78 is 5.26. The molecule has 2 aromatic rings. The van der Waals surface area contributed by atoms with Gasteiger partial charge in [-0.3, -0.25) is 14.8 Å². The van der Waals surface area contributed by atoms with E-state index in [-0.39, 0.29) is 17.7 Å². The summed E-state index contributed by atoms with van der Waals surface area (Å²) in [6, 6.07) is 1.66. The van der Waals surface area contributed by atoms with Gasteiger partial charge in [0.2, 0.25) is 0 Å². The molecule has 130 valence electrons. The maximum atomic E-state index is 12.2. The van der Waals surface area contributed by atoms with E-state index in [4.69, 9.17) is 4.52 Å². The monoisotopic (exact) mass is 333 g/mol. The standard InChI is InChI=1S/C16H23N5O3/c1-10-14(11(2)19-18-10)7-17-16(23)15-6-13(24-20-15)9-21-5-3-4-12(22)8-21/h6,12,22H,3-5,7-9H2,1-2H3,(H,17,23)(H,18,19). The van der Waals surface area contributed by atoms with Crippen LogP contribution >= 0.6 is 0 Å². The highest BCUT2D eigenvalue weighted by Crippen LogP contribution is 2.15. The van der Waals surface area contributed by atoms with Gasteiger partial charge in [-0.05, 0) is 33.2 Å². The number of aromatic amines is 1. The summed E-state index contributed by atoms with van der Waals surface area (Å²) in [5.74, 6) is 0.355. The molecule has 0 radical (unpaired) electrons. The number of nitrogens with zero attached hydrogens (tertiary/aromatic N) is 3. The van der Waals surface area contributed by atoms with Gasteiger partial charge in [-0.25, -0.2) is 0 Å². The van der Waals surface area contributed by atoms with E-state index in [1.54, 1.807) is 6.07 Å². The Morgan fingerprint density at radius 1 is 1.54 bits per heavy atom. The quantitative estimate of drug-likeness (QED) is 0.750. The number of amides is 1. The minimum atomic E-state index is -0.286. The number of β-amino-alcohol motifs (C(OH)–C–C–N with tert-alkyl or cyclic N) is 1. The van der Waals surface area contributed by atoms with Gasteiger partial charge in [0, 0.05) is 30.4 Å². The molecule has 1 atom stereocenters. The molecule has 1 unspecified atom stereocenters. The van der Waals surface area contributed by atoms with E-state index in [2.05, 4.69) is 25.6 Å². The number of carbonyl (C=O) groups excluding carboxylic acids is 1. The Hall–Kier alpha value is -2.19. The van der Waals surface area contributed by atoms with Crippen molar-refractivity contribution in [1.29, 1.82) is 0 Å². The van der Waals surface area contributed by atoms with Crippen LogP contribution in [0.15, 0.2) is 10.6 Å². The molecule has 1 aliphatic rings. The van der Waals surface area contributed by atoms with E-state index in [9.17, 15) is 9.90 Å². The normalized spacial score (nSPS) is 18.7. The first-order valence-electron chi connectivity index (χ1n) is 8.17. The van der Waals surface area contributed by atoms with Gasteiger partial charge in [-0.2, -0.15) is 5.10 Å². The van der Waals surface area contributed by atoms with E-state index in [0.29, 0.717) is 25.4 Å². The van der Waals surface area contributed by atoms with Crippen molar-refractivity contribution in [2.24, 2.45) is 0 Å². The fraction of sp³-hybridized carbons (Fsp3) is 0.562. The van der Waals surface area contributed by atoms with Gasteiger partial charge in [0.25, 0.3) is 5.91 Å². The Kier molecular flexibility index (Phi) is 4.96. The third-order valence-corrected chi connectivity index (χ3v) is 4.36. The number of aliphatic hydroxyl groups is 1. The van der Waals surface area contributed by atoms with Crippen LogP contribution in [-0.2, 0) is 13.1 Å². The van der Waals surface area contributed by atoms with E-state index in [1.807, 2.05) is 13.8 Å². The van der Waals surface area contributed by atoms with E-state index in [0.717, 1.165) is 36.3 Å². The number of nitrogens with one attached hydrogen (secondary N) is 2. The fourth-order valence-electron chi connectivity index (χ4n) is 2.98. The SMILES string of the molecule is Cc1n[nH]c(C)c1CNC(=O)c1cc(CN2CCCC(O)C2)on1. The number of carbonyl (C=O) groups is 1. The van der Waals surface area contributed by atoms with Crippen molar-refractivity contribution in [3.05, 3.63) is 34.5 Å². The summed E-state index contributed by atoms with van der Waals surface area (Å²) in [7, 11) is 0. The van der Waals surface area contributed by atoms with Gasteiger partial charge in [0.1, 0.15) is 0 Å². The van der Waals surface area contributed by atoms with Crippen molar-refractivity contribution < 1.29 is 14.4 Å². The molecule has 1 aliphatic heterocycles. The van der Waals surface area contributed by atoms with Crippen molar-refractivity contribution in [1.82, 2.24) is 25.6 Å². The highest BCUT2D eigenvalue weighted by atomic mass is 16.5.